The molecule has 2 aromatic carbocycles. The number of ether oxygens (including phenoxy) is 1. The number of hydrogen-bond acceptors (Lipinski definition) is 10. The number of amides is 2. The molecule has 208 valence electrons. The van der Waals surface area contributed by atoms with Crippen LogP contribution in [0.5, 0.6) is 5.75 Å². The lowest BCUT2D eigenvalue weighted by atomic mass is 10.2. The van der Waals surface area contributed by atoms with Crippen LogP contribution in [0.1, 0.15) is 12.8 Å². The summed E-state index contributed by atoms with van der Waals surface area (Å²) in [5.41, 5.74) is 2.57. The Morgan fingerprint density at radius 3 is 2.73 bits per heavy atom. The molecule has 1 unspecified atom stereocenters. The summed E-state index contributed by atoms with van der Waals surface area (Å²) in [6.07, 6.45) is 3.25. The van der Waals surface area contributed by atoms with Crippen molar-refractivity contribution < 1.29 is 13.9 Å². The summed E-state index contributed by atoms with van der Waals surface area (Å²) in [7, 11) is 4.10. The van der Waals surface area contributed by atoms with Crippen molar-refractivity contribution in [3.8, 4) is 17.2 Å². The Morgan fingerprint density at radius 2 is 1.93 bits per heavy atom. The van der Waals surface area contributed by atoms with Gasteiger partial charge in [0.05, 0.1) is 13.2 Å². The first kappa shape index (κ1) is 27.4. The molecule has 0 bridgehead atoms. The van der Waals surface area contributed by atoms with Crippen molar-refractivity contribution in [2.75, 3.05) is 51.0 Å². The third-order valence-corrected chi connectivity index (χ3v) is 7.22. The number of carbonyl (C=O) groups excluding carboxylic acids is 1. The summed E-state index contributed by atoms with van der Waals surface area (Å²) in [4.78, 5) is 32.1. The molecule has 0 radical (unpaired) electrons. The van der Waals surface area contributed by atoms with Crippen LogP contribution in [0.15, 0.2) is 70.3 Å². The van der Waals surface area contributed by atoms with Gasteiger partial charge in [-0.3, -0.25) is 10.3 Å². The smallest absolute Gasteiger partial charge is 0.325 e. The van der Waals surface area contributed by atoms with Crippen LogP contribution in [0.2, 0.25) is 0 Å². The summed E-state index contributed by atoms with van der Waals surface area (Å²) in [6, 6.07) is 16.7. The normalized spacial score (nSPS) is 14.8. The van der Waals surface area contributed by atoms with E-state index in [1.54, 1.807) is 11.8 Å². The first-order valence-electron chi connectivity index (χ1n) is 13.1. The van der Waals surface area contributed by atoms with Gasteiger partial charge in [-0.15, -0.1) is 0 Å². The Kier molecular flexibility index (Phi) is 9.09. The van der Waals surface area contributed by atoms with Crippen LogP contribution in [0.25, 0.3) is 22.7 Å². The average molecular weight is 561 g/mol. The van der Waals surface area contributed by atoms with Gasteiger partial charge >= 0.3 is 6.03 Å². The summed E-state index contributed by atoms with van der Waals surface area (Å²) < 4.78 is 11.7. The minimum atomic E-state index is -0.302. The van der Waals surface area contributed by atoms with Gasteiger partial charge in [-0.25, -0.2) is 14.8 Å². The fourth-order valence-corrected chi connectivity index (χ4v) is 5.04. The predicted molar refractivity (Wildman–Crippen MR) is 159 cm³/mol. The number of thioether (sulfide) groups is 1. The standard InChI is InChI=1S/C28H32N8O3S/c1-36(2)15-6-16-38-21-11-9-19(10-12-21)25-34-23-24(31-18-32-26(23)39-25)29-14-13-22-17-30-28(40-22)35-27(37)33-20-7-4-3-5-8-20/h3-5,7-12,18,22H,6,13-17H2,1-2H3,(H,29,31,32)(H2,30,33,35,37). The molecule has 40 heavy (non-hydrogen) atoms. The molecule has 2 aromatic heterocycles. The molecule has 0 saturated heterocycles. The molecule has 0 aliphatic carbocycles. The Morgan fingerprint density at radius 1 is 1.10 bits per heavy atom. The van der Waals surface area contributed by atoms with E-state index in [0.717, 1.165) is 36.4 Å². The molecule has 4 aromatic rings. The average Bonchev–Trinajstić information content (AvgIpc) is 3.59. The van der Waals surface area contributed by atoms with Gasteiger partial charge in [0.25, 0.3) is 5.71 Å². The van der Waals surface area contributed by atoms with E-state index in [9.17, 15) is 4.79 Å². The van der Waals surface area contributed by atoms with Crippen molar-refractivity contribution in [1.29, 1.82) is 0 Å². The number of amidine groups is 1. The number of rotatable bonds is 11. The molecular weight excluding hydrogens is 528 g/mol. The van der Waals surface area contributed by atoms with Crippen LogP contribution in [0, 0.1) is 0 Å². The van der Waals surface area contributed by atoms with Crippen LogP contribution in [0.4, 0.5) is 16.3 Å². The van der Waals surface area contributed by atoms with Crippen LogP contribution in [-0.4, -0.2) is 76.6 Å². The quantitative estimate of drug-likeness (QED) is 0.223. The molecule has 1 atom stereocenters. The van der Waals surface area contributed by atoms with Crippen molar-refractivity contribution in [2.24, 2.45) is 4.99 Å². The number of nitrogens with one attached hydrogen (secondary N) is 3. The second-order valence-electron chi connectivity index (χ2n) is 9.47. The molecule has 1 aliphatic heterocycles. The minimum absolute atomic E-state index is 0.244. The van der Waals surface area contributed by atoms with E-state index < -0.39 is 0 Å². The number of carbonyl (C=O) groups is 1. The number of anilines is 2. The fraction of sp³-hybridized carbons (Fsp3) is 0.321. The molecular formula is C28H32N8O3S. The van der Waals surface area contributed by atoms with Gasteiger partial charge in [-0.2, -0.15) is 4.98 Å². The number of oxazole rings is 1. The molecule has 0 spiro atoms. The molecule has 3 heterocycles. The zero-order chi connectivity index (χ0) is 27.7. The number of fused-ring (bicyclic) bond motifs is 1. The number of aromatic nitrogens is 3. The predicted octanol–water partition coefficient (Wildman–Crippen LogP) is 4.71. The van der Waals surface area contributed by atoms with Crippen LogP contribution in [0.3, 0.4) is 0 Å². The van der Waals surface area contributed by atoms with Crippen molar-refractivity contribution in [3.05, 3.63) is 60.9 Å². The highest BCUT2D eigenvalue weighted by Gasteiger charge is 2.21. The van der Waals surface area contributed by atoms with Gasteiger partial charge in [-0.1, -0.05) is 30.0 Å². The molecule has 3 N–H and O–H groups in total. The highest BCUT2D eigenvalue weighted by molar-refractivity contribution is 8.14. The van der Waals surface area contributed by atoms with Gasteiger partial charge in [-0.05, 0) is 63.3 Å². The number of nitrogens with zero attached hydrogens (tertiary/aromatic N) is 5. The molecule has 1 aliphatic rings. The molecule has 11 nitrogen and oxygen atoms in total. The zero-order valence-corrected chi connectivity index (χ0v) is 23.3. The van der Waals surface area contributed by atoms with Gasteiger partial charge < -0.3 is 24.7 Å². The first-order valence-corrected chi connectivity index (χ1v) is 14.0. The summed E-state index contributed by atoms with van der Waals surface area (Å²) in [5.74, 6) is 1.90. The topological polar surface area (TPSA) is 130 Å². The lowest BCUT2D eigenvalue weighted by molar-refractivity contribution is 0.256. The molecule has 0 fully saturated rings. The Labute approximate surface area is 236 Å². The third-order valence-electron chi connectivity index (χ3n) is 6.04. The second kappa shape index (κ2) is 13.3. The summed E-state index contributed by atoms with van der Waals surface area (Å²) in [5, 5.41) is 9.83. The Bertz CT molecular complexity index is 1440. The number of benzene rings is 2. The van der Waals surface area contributed by atoms with E-state index in [4.69, 9.17) is 9.15 Å². The number of urea groups is 1. The van der Waals surface area contributed by atoms with Gasteiger partial charge in [0.1, 0.15) is 12.1 Å². The Balaban J connectivity index is 1.10. The first-order chi connectivity index (χ1) is 19.5. The maximum absolute atomic E-state index is 12.2. The van der Waals surface area contributed by atoms with E-state index in [1.807, 2.05) is 54.6 Å². The number of para-hydroxylation sites is 1. The van der Waals surface area contributed by atoms with Gasteiger partial charge in [0.2, 0.25) is 5.89 Å². The van der Waals surface area contributed by atoms with Crippen LogP contribution in [-0.2, 0) is 0 Å². The van der Waals surface area contributed by atoms with Crippen molar-refractivity contribution in [1.82, 2.24) is 25.2 Å². The third kappa shape index (κ3) is 7.48. The molecule has 5 rings (SSSR count). The highest BCUT2D eigenvalue weighted by atomic mass is 32.2. The van der Waals surface area contributed by atoms with Crippen molar-refractivity contribution in [3.63, 3.8) is 0 Å². The number of hydrogen-bond donors (Lipinski definition) is 3. The molecule has 0 saturated carbocycles. The fourth-order valence-electron chi connectivity index (χ4n) is 4.04. The van der Waals surface area contributed by atoms with E-state index in [2.05, 4.69) is 54.9 Å². The molecule has 2 amide bonds. The van der Waals surface area contributed by atoms with E-state index in [1.165, 1.54) is 6.33 Å². The maximum Gasteiger partial charge on any atom is 0.325 e. The lowest BCUT2D eigenvalue weighted by Gasteiger charge is -2.10. The van der Waals surface area contributed by atoms with Crippen LogP contribution >= 0.6 is 11.8 Å². The summed E-state index contributed by atoms with van der Waals surface area (Å²) in [6.45, 7) is 2.94. The Hall–Kier alpha value is -4.16. The minimum Gasteiger partial charge on any atom is -0.494 e. The molecule has 12 heteroatoms. The van der Waals surface area contributed by atoms with E-state index in [-0.39, 0.29) is 11.3 Å². The van der Waals surface area contributed by atoms with Crippen molar-refractivity contribution >= 4 is 45.7 Å². The van der Waals surface area contributed by atoms with Crippen molar-refractivity contribution in [2.45, 2.75) is 18.1 Å². The van der Waals surface area contributed by atoms with E-state index in [0.29, 0.717) is 47.8 Å². The highest BCUT2D eigenvalue weighted by Crippen LogP contribution is 2.28. The monoisotopic (exact) mass is 560 g/mol. The summed E-state index contributed by atoms with van der Waals surface area (Å²) >= 11 is 1.56. The van der Waals surface area contributed by atoms with E-state index >= 15 is 0 Å². The lowest BCUT2D eigenvalue weighted by Crippen LogP contribution is -2.32. The van der Waals surface area contributed by atoms with Gasteiger partial charge in [0.15, 0.2) is 16.5 Å². The largest absolute Gasteiger partial charge is 0.494 e. The van der Waals surface area contributed by atoms with Crippen LogP contribution < -0.4 is 20.7 Å². The maximum atomic E-state index is 12.2. The zero-order valence-electron chi connectivity index (χ0n) is 22.5. The second-order valence-corrected chi connectivity index (χ2v) is 10.8. The van der Waals surface area contributed by atoms with Gasteiger partial charge in [0, 0.05) is 29.6 Å². The SMILES string of the molecule is CN(C)CCCOc1ccc(-c2nc3c(NCCC4CN=C(NC(=O)Nc5ccccc5)S4)ncnc3o2)cc1. The number of aliphatic imine (C=N–C) groups is 1.